The second kappa shape index (κ2) is 23.1. The Kier molecular flexibility index (Phi) is 16.8. The van der Waals surface area contributed by atoms with Crippen LogP contribution >= 0.6 is 39.1 Å². The number of fused-ring (bicyclic) bond motifs is 4. The molecule has 4 aliphatic rings. The lowest BCUT2D eigenvalue weighted by molar-refractivity contribution is 0.0226. The minimum Gasteiger partial charge on any atom is -0.444 e. The molecule has 10 rings (SSSR count). The van der Waals surface area contributed by atoms with Crippen LogP contribution in [0, 0.1) is 0 Å². The van der Waals surface area contributed by atoms with E-state index in [4.69, 9.17) is 42.6 Å². The van der Waals surface area contributed by atoms with E-state index >= 15 is 0 Å². The summed E-state index contributed by atoms with van der Waals surface area (Å²) in [6, 6.07) is 19.7. The Morgan fingerprint density at radius 1 is 0.667 bits per heavy atom. The first-order chi connectivity index (χ1) is 35.7. The van der Waals surface area contributed by atoms with Crippen molar-refractivity contribution >= 4 is 91.0 Å². The Morgan fingerprint density at radius 3 is 1.57 bits per heavy atom. The number of rotatable bonds is 3. The number of aliphatic hydroxyl groups excluding tert-OH is 1. The highest BCUT2D eigenvalue weighted by Gasteiger charge is 2.32. The van der Waals surface area contributed by atoms with Gasteiger partial charge in [-0.05, 0) is 144 Å². The number of piperidine rings is 2. The monoisotopic (exact) mass is 1110 g/mol. The van der Waals surface area contributed by atoms with Gasteiger partial charge in [-0.3, -0.25) is 14.8 Å². The van der Waals surface area contributed by atoms with Gasteiger partial charge < -0.3 is 33.5 Å². The van der Waals surface area contributed by atoms with Gasteiger partial charge in [0.25, 0.3) is 0 Å². The lowest BCUT2D eigenvalue weighted by Crippen LogP contribution is -2.40. The van der Waals surface area contributed by atoms with E-state index in [0.29, 0.717) is 60.5 Å². The largest absolute Gasteiger partial charge is 0.444 e. The van der Waals surface area contributed by atoms with Gasteiger partial charge in [0.1, 0.15) is 23.0 Å². The summed E-state index contributed by atoms with van der Waals surface area (Å²) in [5.41, 5.74) is 13.5. The van der Waals surface area contributed by atoms with E-state index in [1.165, 1.54) is 17.3 Å². The summed E-state index contributed by atoms with van der Waals surface area (Å²) in [4.78, 5) is 56.2. The maximum absolute atomic E-state index is 12.7. The van der Waals surface area contributed by atoms with Crippen LogP contribution in [0.15, 0.2) is 109 Å². The first-order valence-electron chi connectivity index (χ1n) is 24.8. The molecule has 1 atom stereocenters. The van der Waals surface area contributed by atoms with Gasteiger partial charge in [0.2, 0.25) is 0 Å². The molecule has 0 radical (unpaired) electrons. The maximum atomic E-state index is 12.7. The van der Waals surface area contributed by atoms with Crippen LogP contribution in [0.3, 0.4) is 0 Å². The van der Waals surface area contributed by atoms with Crippen LogP contribution in [-0.2, 0) is 23.6 Å². The average Bonchev–Trinajstić information content (AvgIpc) is 3.95. The molecule has 2 aliphatic carbocycles. The van der Waals surface area contributed by atoms with Crippen LogP contribution in [0.4, 0.5) is 9.59 Å². The molecule has 6 heterocycles. The molecule has 4 aromatic heterocycles. The van der Waals surface area contributed by atoms with E-state index in [-0.39, 0.29) is 12.2 Å². The predicted molar refractivity (Wildman–Crippen MR) is 299 cm³/mol. The Labute approximate surface area is 456 Å². The number of halogens is 3. The Morgan fingerprint density at radius 2 is 1.13 bits per heavy atom. The van der Waals surface area contributed by atoms with E-state index in [2.05, 4.69) is 44.1 Å². The number of carbonyl (C=O) groups is 3. The number of hydrogen-bond donors (Lipinski definition) is 1. The molecule has 6 aromatic rings. The first-order valence-corrected chi connectivity index (χ1v) is 26.3. The van der Waals surface area contributed by atoms with E-state index in [0.717, 1.165) is 85.1 Å². The quantitative estimate of drug-likeness (QED) is 0.169. The molecule has 2 fully saturated rings. The normalized spacial score (nSPS) is 15.7. The van der Waals surface area contributed by atoms with Crippen molar-refractivity contribution in [3.05, 3.63) is 175 Å². The Balaban J connectivity index is 0.000000176. The van der Waals surface area contributed by atoms with E-state index < -0.39 is 17.3 Å². The number of ether oxygens (including phenoxy) is 2. The van der Waals surface area contributed by atoms with Crippen molar-refractivity contribution in [2.45, 2.75) is 84.5 Å². The molecule has 0 spiro atoms. The van der Waals surface area contributed by atoms with Crippen LogP contribution < -0.4 is 0 Å². The molecule has 75 heavy (non-hydrogen) atoms. The zero-order chi connectivity index (χ0) is 53.8. The lowest BCUT2D eigenvalue weighted by Gasteiger charge is -2.32. The number of imidazole rings is 2. The fraction of sp³-hybridized carbons (Fsp3) is 0.328. The summed E-state index contributed by atoms with van der Waals surface area (Å²) < 4.78 is 15.6. The molecule has 1 N–H and O–H groups in total. The zero-order valence-corrected chi connectivity index (χ0v) is 46.5. The maximum Gasteiger partial charge on any atom is 0.410 e. The van der Waals surface area contributed by atoms with Crippen molar-refractivity contribution in [2.24, 2.45) is 14.1 Å². The second-order valence-corrected chi connectivity index (χ2v) is 22.4. The smallest absolute Gasteiger partial charge is 0.410 e. The molecule has 2 aliphatic heterocycles. The van der Waals surface area contributed by atoms with Gasteiger partial charge in [0.05, 0.1) is 42.1 Å². The second-order valence-electron chi connectivity index (χ2n) is 20.6. The molecule has 14 nitrogen and oxygen atoms in total. The van der Waals surface area contributed by atoms with Gasteiger partial charge in [-0.1, -0.05) is 74.5 Å². The van der Waals surface area contributed by atoms with E-state index in [9.17, 15) is 19.5 Å². The van der Waals surface area contributed by atoms with Crippen LogP contribution in [0.2, 0.25) is 10.0 Å². The molecule has 2 amide bonds. The van der Waals surface area contributed by atoms with Crippen molar-refractivity contribution in [2.75, 3.05) is 26.2 Å². The minimum absolute atomic E-state index is 0.248. The molecule has 0 bridgehead atoms. The topological polar surface area (TPSA) is 158 Å². The lowest BCUT2D eigenvalue weighted by atomic mass is 9.86. The number of aromatic nitrogens is 6. The van der Waals surface area contributed by atoms with Gasteiger partial charge in [0.15, 0.2) is 6.29 Å². The number of aliphatic hydroxyl groups is 1. The molecule has 2 aromatic carbocycles. The standard InChI is InChI=1S/C29H31ClN4O3.C24H24BrClN2O2.C5H6N2O/c1-29(2,3)37-28(36)34-12-9-18(10-13-34)25-21-8-7-20(30)15-22(21)23(14-19-6-5-11-32-26(19)25)27(35)24-16-31-17-33(24)4;1-24(2,3)30-23(29)28-11-8-15(9-12-28)21-18-7-6-17(26)14-19(18)20(25)13-16-5-4-10-27-22(16)21;1-7-4-6-2-5(7)3-8/h5-8,11,14-17,27,35H,9-10,12-13H2,1-4H3;4-7,10,13-14H,8-9,11-12H2,1-3H3;2-4H,1H3. The number of amides is 2. The summed E-state index contributed by atoms with van der Waals surface area (Å²) >= 11 is 16.5. The van der Waals surface area contributed by atoms with Crippen molar-refractivity contribution in [1.82, 2.24) is 38.9 Å². The molecular formula is C58H61BrCl2N8O6. The number of aldehydes is 1. The summed E-state index contributed by atoms with van der Waals surface area (Å²) in [6.07, 6.45) is 16.5. The van der Waals surface area contributed by atoms with Crippen LogP contribution in [0.25, 0.3) is 33.4 Å². The number of pyridine rings is 2. The third-order valence-electron chi connectivity index (χ3n) is 13.0. The number of benzene rings is 2. The summed E-state index contributed by atoms with van der Waals surface area (Å²) in [6.45, 7) is 13.7. The number of hydrogen-bond acceptors (Lipinski definition) is 10. The average molecular weight is 1120 g/mol. The minimum atomic E-state index is -0.906. The van der Waals surface area contributed by atoms with Gasteiger partial charge in [-0.15, -0.1) is 0 Å². The molecule has 1 unspecified atom stereocenters. The van der Waals surface area contributed by atoms with Gasteiger partial charge in [-0.25, -0.2) is 19.6 Å². The molecule has 17 heteroatoms. The fourth-order valence-electron chi connectivity index (χ4n) is 9.39. The fourth-order valence-corrected chi connectivity index (χ4v) is 10.3. The summed E-state index contributed by atoms with van der Waals surface area (Å²) in [5.74, 6) is 0. The highest BCUT2D eigenvalue weighted by atomic mass is 79.9. The molecule has 2 saturated heterocycles. The third kappa shape index (κ3) is 12.9. The summed E-state index contributed by atoms with van der Waals surface area (Å²) in [7, 11) is 3.64. The highest BCUT2D eigenvalue weighted by Crippen LogP contribution is 2.46. The number of aryl methyl sites for hydroxylation is 2. The molecular weight excluding hydrogens is 1060 g/mol. The van der Waals surface area contributed by atoms with Crippen molar-refractivity contribution in [1.29, 1.82) is 0 Å². The Hall–Kier alpha value is -6.65. The van der Waals surface area contributed by atoms with Gasteiger partial charge in [0, 0.05) is 89.5 Å². The first kappa shape index (κ1) is 54.6. The van der Waals surface area contributed by atoms with Crippen molar-refractivity contribution in [3.8, 4) is 0 Å². The number of nitrogens with zero attached hydrogens (tertiary/aromatic N) is 8. The summed E-state index contributed by atoms with van der Waals surface area (Å²) in [5, 5.41) is 12.8. The van der Waals surface area contributed by atoms with E-state index in [1.54, 1.807) is 46.5 Å². The third-order valence-corrected chi connectivity index (χ3v) is 14.1. The highest BCUT2D eigenvalue weighted by molar-refractivity contribution is 9.15. The van der Waals surface area contributed by atoms with Crippen LogP contribution in [0.1, 0.15) is 134 Å². The Bertz CT molecular complexity index is 3250. The number of carbonyl (C=O) groups excluding carboxylic acids is 3. The predicted octanol–water partition coefficient (Wildman–Crippen LogP) is 12.9. The zero-order valence-electron chi connectivity index (χ0n) is 43.4. The van der Waals surface area contributed by atoms with Crippen LogP contribution in [0.5, 0.6) is 0 Å². The van der Waals surface area contributed by atoms with Gasteiger partial charge in [-0.2, -0.15) is 0 Å². The van der Waals surface area contributed by atoms with E-state index in [1.807, 2.05) is 114 Å². The van der Waals surface area contributed by atoms with Crippen molar-refractivity contribution in [3.63, 3.8) is 0 Å². The van der Waals surface area contributed by atoms with Crippen LogP contribution in [-0.4, -0.2) is 99.8 Å². The SMILES string of the molecule is CC(C)(C)OC(=O)N1CCC(=C2c3ccc(Cl)cc3C(Br)=Cc3cccnc32)CC1.Cn1cncc1C(O)C1=Cc2cccnc2C(=C2CCN(C(=O)OC(C)(C)C)CC2)c2ccc(Cl)cc21.Cn1cncc1C=O. The molecule has 390 valence electrons. The molecule has 0 saturated carbocycles. The van der Waals surface area contributed by atoms with Crippen molar-refractivity contribution < 1.29 is 29.0 Å². The van der Waals surface area contributed by atoms with Gasteiger partial charge >= 0.3 is 12.2 Å². The number of likely N-dealkylation sites (tertiary alicyclic amines) is 2.